The molecule has 29 heavy (non-hydrogen) atoms. The third-order valence-electron chi connectivity index (χ3n) is 5.76. The van der Waals surface area contributed by atoms with Crippen molar-refractivity contribution in [2.24, 2.45) is 0 Å². The Morgan fingerprint density at radius 1 is 1.14 bits per heavy atom. The number of rotatable bonds is 3. The molecule has 0 radical (unpaired) electrons. The van der Waals surface area contributed by atoms with Crippen LogP contribution >= 0.6 is 0 Å². The van der Waals surface area contributed by atoms with E-state index in [1.807, 2.05) is 24.8 Å². The first-order valence-electron chi connectivity index (χ1n) is 10.0. The summed E-state index contributed by atoms with van der Waals surface area (Å²) < 4.78 is 14.8. The molecule has 1 fully saturated rings. The first-order chi connectivity index (χ1) is 14.0. The highest BCUT2D eigenvalue weighted by Crippen LogP contribution is 2.25. The monoisotopic (exact) mass is 393 g/mol. The van der Waals surface area contributed by atoms with Gasteiger partial charge in [-0.3, -0.25) is 14.2 Å². The molecule has 0 aliphatic carbocycles. The van der Waals surface area contributed by atoms with Gasteiger partial charge in [0.15, 0.2) is 0 Å². The van der Waals surface area contributed by atoms with Crippen LogP contribution in [0.1, 0.15) is 49.0 Å². The lowest BCUT2D eigenvalue weighted by molar-refractivity contribution is 0.0508. The van der Waals surface area contributed by atoms with Gasteiger partial charge < -0.3 is 4.90 Å². The minimum atomic E-state index is -0.365. The molecule has 1 saturated heterocycles. The number of pyridine rings is 2. The van der Waals surface area contributed by atoms with Crippen molar-refractivity contribution in [2.75, 3.05) is 0 Å². The summed E-state index contributed by atoms with van der Waals surface area (Å²) in [5, 5.41) is 0.731. The zero-order valence-corrected chi connectivity index (χ0v) is 16.6. The summed E-state index contributed by atoms with van der Waals surface area (Å²) in [6.45, 7) is 4.29. The third kappa shape index (κ3) is 3.67. The highest BCUT2D eigenvalue weighted by Gasteiger charge is 2.31. The van der Waals surface area contributed by atoms with Crippen molar-refractivity contribution in [3.05, 3.63) is 76.0 Å². The summed E-state index contributed by atoms with van der Waals surface area (Å²) in [7, 11) is 0. The largest absolute Gasteiger partial charge is 0.333 e. The fraction of sp³-hybridized carbons (Fsp3) is 0.348. The number of likely N-dealkylation sites (tertiary alicyclic amines) is 1. The molecular formula is C23H24FN3O2. The van der Waals surface area contributed by atoms with Crippen molar-refractivity contribution < 1.29 is 9.18 Å². The number of halogens is 1. The predicted molar refractivity (Wildman–Crippen MR) is 110 cm³/mol. The van der Waals surface area contributed by atoms with Crippen molar-refractivity contribution in [3.8, 4) is 0 Å². The number of carbonyl (C=O) groups is 1. The van der Waals surface area contributed by atoms with Crippen LogP contribution < -0.4 is 5.56 Å². The first-order valence-corrected chi connectivity index (χ1v) is 10.0. The van der Waals surface area contributed by atoms with Crippen LogP contribution in [0, 0.1) is 5.82 Å². The van der Waals surface area contributed by atoms with E-state index in [9.17, 15) is 14.0 Å². The molecule has 4 rings (SSSR count). The normalized spacial score (nSPS) is 19.5. The summed E-state index contributed by atoms with van der Waals surface area (Å²) in [5.74, 6) is -0.561. The Labute approximate surface area is 168 Å². The smallest absolute Gasteiger partial charge is 0.265 e. The van der Waals surface area contributed by atoms with Gasteiger partial charge in [-0.2, -0.15) is 0 Å². The molecule has 0 unspecified atom stereocenters. The second-order valence-corrected chi connectivity index (χ2v) is 7.83. The van der Waals surface area contributed by atoms with Crippen molar-refractivity contribution >= 4 is 16.9 Å². The lowest BCUT2D eigenvalue weighted by Gasteiger charge is -2.39. The molecule has 2 atom stereocenters. The van der Waals surface area contributed by atoms with Gasteiger partial charge >= 0.3 is 0 Å². The Bertz CT molecular complexity index is 1100. The van der Waals surface area contributed by atoms with E-state index in [1.165, 1.54) is 16.7 Å². The number of fused-ring (bicyclic) bond motifs is 1. The third-order valence-corrected chi connectivity index (χ3v) is 5.76. The molecule has 0 bridgehead atoms. The average molecular weight is 393 g/mol. The maximum Gasteiger partial charge on any atom is 0.265 e. The van der Waals surface area contributed by atoms with E-state index in [4.69, 9.17) is 0 Å². The van der Waals surface area contributed by atoms with E-state index in [-0.39, 0.29) is 41.5 Å². The van der Waals surface area contributed by atoms with Gasteiger partial charge in [0.25, 0.3) is 11.5 Å². The van der Waals surface area contributed by atoms with Crippen molar-refractivity contribution in [3.63, 3.8) is 0 Å². The number of aromatic nitrogens is 2. The van der Waals surface area contributed by atoms with Crippen molar-refractivity contribution in [2.45, 2.75) is 51.7 Å². The Balaban J connectivity index is 1.83. The van der Waals surface area contributed by atoms with E-state index in [1.54, 1.807) is 30.5 Å². The summed E-state index contributed by atoms with van der Waals surface area (Å²) >= 11 is 0. The molecule has 0 N–H and O–H groups in total. The molecule has 0 saturated carbocycles. The maximum absolute atomic E-state index is 13.4. The molecule has 1 amide bonds. The van der Waals surface area contributed by atoms with Crippen LogP contribution in [0.5, 0.6) is 0 Å². The van der Waals surface area contributed by atoms with E-state index in [0.29, 0.717) is 5.65 Å². The Morgan fingerprint density at radius 3 is 2.52 bits per heavy atom. The van der Waals surface area contributed by atoms with Gasteiger partial charge in [0.05, 0.1) is 6.54 Å². The van der Waals surface area contributed by atoms with Crippen molar-refractivity contribution in [1.82, 2.24) is 14.5 Å². The van der Waals surface area contributed by atoms with Crippen LogP contribution in [0.15, 0.2) is 53.5 Å². The average Bonchev–Trinajstić information content (AvgIpc) is 2.71. The lowest BCUT2D eigenvalue weighted by atomic mass is 9.96. The molecule has 6 heteroatoms. The van der Waals surface area contributed by atoms with Crippen LogP contribution in [0.4, 0.5) is 4.39 Å². The molecule has 2 aromatic heterocycles. The SMILES string of the molecule is C[C@@H]1CCC[C@@H](C)N1C(=O)c1cc2cccnc2n(Cc2ccc(F)cc2)c1=O. The molecule has 1 aliphatic rings. The minimum Gasteiger partial charge on any atom is -0.333 e. The molecule has 3 aromatic rings. The summed E-state index contributed by atoms with van der Waals surface area (Å²) in [6, 6.07) is 11.5. The van der Waals surface area contributed by atoms with Crippen molar-refractivity contribution in [1.29, 1.82) is 0 Å². The number of piperidine rings is 1. The van der Waals surface area contributed by atoms with E-state index in [2.05, 4.69) is 4.98 Å². The second kappa shape index (κ2) is 7.78. The predicted octanol–water partition coefficient (Wildman–Crippen LogP) is 3.99. The number of hydrogen-bond donors (Lipinski definition) is 0. The highest BCUT2D eigenvalue weighted by atomic mass is 19.1. The molecular weight excluding hydrogens is 369 g/mol. The van der Waals surface area contributed by atoms with Gasteiger partial charge in [-0.25, -0.2) is 9.37 Å². The van der Waals surface area contributed by atoms with Crippen LogP contribution in [-0.2, 0) is 6.54 Å². The summed E-state index contributed by atoms with van der Waals surface area (Å²) in [4.78, 5) is 32.9. The van der Waals surface area contributed by atoms with Crippen LogP contribution in [0.3, 0.4) is 0 Å². The molecule has 5 nitrogen and oxygen atoms in total. The molecule has 1 aliphatic heterocycles. The maximum atomic E-state index is 13.4. The van der Waals surface area contributed by atoms with Gasteiger partial charge in [0.1, 0.15) is 17.0 Å². The highest BCUT2D eigenvalue weighted by molar-refractivity contribution is 5.97. The zero-order chi connectivity index (χ0) is 20.5. The topological polar surface area (TPSA) is 55.2 Å². The van der Waals surface area contributed by atoms with Gasteiger partial charge in [0, 0.05) is 23.7 Å². The molecule has 0 spiro atoms. The Kier molecular flexibility index (Phi) is 5.18. The minimum absolute atomic E-state index is 0.0980. The van der Waals surface area contributed by atoms with E-state index in [0.717, 1.165) is 30.2 Å². The van der Waals surface area contributed by atoms with Gasteiger partial charge in [-0.15, -0.1) is 0 Å². The first kappa shape index (κ1) is 19.3. The van der Waals surface area contributed by atoms with Gasteiger partial charge in [-0.1, -0.05) is 12.1 Å². The Morgan fingerprint density at radius 2 is 1.83 bits per heavy atom. The molecule has 1 aromatic carbocycles. The summed E-state index contributed by atoms with van der Waals surface area (Å²) in [5.41, 5.74) is 1.08. The fourth-order valence-electron chi connectivity index (χ4n) is 4.24. The Hall–Kier alpha value is -3.02. The fourth-order valence-corrected chi connectivity index (χ4v) is 4.24. The molecule has 150 valence electrons. The van der Waals surface area contributed by atoms with E-state index >= 15 is 0 Å². The number of hydrogen-bond acceptors (Lipinski definition) is 3. The van der Waals surface area contributed by atoms with E-state index < -0.39 is 0 Å². The number of amides is 1. The number of benzene rings is 1. The van der Waals surface area contributed by atoms with Crippen LogP contribution in [0.2, 0.25) is 0 Å². The number of nitrogens with zero attached hydrogens (tertiary/aromatic N) is 3. The van der Waals surface area contributed by atoms with Gasteiger partial charge in [-0.05, 0) is 69.0 Å². The standard InChI is InChI=1S/C23H24FN3O2/c1-15-5-3-6-16(2)27(15)23(29)20-13-18-7-4-12-25-21(18)26(22(20)28)14-17-8-10-19(24)11-9-17/h4,7-13,15-16H,3,5-6,14H2,1-2H3/t15-,16-/m1/s1. The lowest BCUT2D eigenvalue weighted by Crippen LogP contribution is -2.49. The van der Waals surface area contributed by atoms with Crippen LogP contribution in [-0.4, -0.2) is 32.4 Å². The zero-order valence-electron chi connectivity index (χ0n) is 16.6. The molecule has 3 heterocycles. The van der Waals surface area contributed by atoms with Gasteiger partial charge in [0.2, 0.25) is 0 Å². The van der Waals surface area contributed by atoms with Crippen LogP contribution in [0.25, 0.3) is 11.0 Å². The summed E-state index contributed by atoms with van der Waals surface area (Å²) in [6.07, 6.45) is 4.59. The number of carbonyl (C=O) groups excluding carboxylic acids is 1. The second-order valence-electron chi connectivity index (χ2n) is 7.83. The quantitative estimate of drug-likeness (QED) is 0.676.